The van der Waals surface area contributed by atoms with Crippen LogP contribution in [0.15, 0.2) is 78.9 Å². The van der Waals surface area contributed by atoms with Crippen LogP contribution in [0.2, 0.25) is 0 Å². The molecule has 3 heterocycles. The Balaban J connectivity index is 1.26. The van der Waals surface area contributed by atoms with Gasteiger partial charge in [0.05, 0.1) is 17.3 Å². The molecule has 0 radical (unpaired) electrons. The summed E-state index contributed by atoms with van der Waals surface area (Å²) in [6.07, 6.45) is -0.903. The first-order valence-corrected chi connectivity index (χ1v) is 11.6. The fourth-order valence-electron chi connectivity index (χ4n) is 4.76. The van der Waals surface area contributed by atoms with E-state index in [4.69, 9.17) is 0 Å². The van der Waals surface area contributed by atoms with Crippen molar-refractivity contribution in [3.63, 3.8) is 0 Å². The Morgan fingerprint density at radius 1 is 1.00 bits per heavy atom. The second kappa shape index (κ2) is 8.53. The highest BCUT2D eigenvalue weighted by molar-refractivity contribution is 6.06. The minimum Gasteiger partial charge on any atom is -0.321 e. The van der Waals surface area contributed by atoms with E-state index in [-0.39, 0.29) is 23.9 Å². The number of rotatable bonds is 4. The minimum absolute atomic E-state index is 0.0790. The Kier molecular flexibility index (Phi) is 5.20. The number of benzene rings is 3. The van der Waals surface area contributed by atoms with Crippen LogP contribution in [-0.4, -0.2) is 34.3 Å². The van der Waals surface area contributed by atoms with Crippen molar-refractivity contribution in [3.05, 3.63) is 90.1 Å². The number of fused-ring (bicyclic) bond motifs is 2. The number of nitrogens with zero attached hydrogens (tertiary/aromatic N) is 3. The van der Waals surface area contributed by atoms with Crippen molar-refractivity contribution in [1.29, 1.82) is 0 Å². The van der Waals surface area contributed by atoms with Crippen LogP contribution in [0.4, 0.5) is 11.5 Å². The van der Waals surface area contributed by atoms with Crippen LogP contribution in [0.1, 0.15) is 22.3 Å². The average Bonchev–Trinajstić information content (AvgIpc) is 3.47. The predicted molar refractivity (Wildman–Crippen MR) is 133 cm³/mol. The number of para-hydroxylation sites is 1. The summed E-state index contributed by atoms with van der Waals surface area (Å²) < 4.78 is 1.61. The molecule has 0 saturated carbocycles. The molecular weight excluding hydrogens is 442 g/mol. The molecule has 2 fully saturated rings. The monoisotopic (exact) mass is 467 g/mol. The van der Waals surface area contributed by atoms with Crippen LogP contribution in [0, 0.1) is 12.8 Å². The number of aryl methyl sites for hydroxylation is 1. The van der Waals surface area contributed by atoms with Crippen LogP contribution in [0.3, 0.4) is 0 Å². The van der Waals surface area contributed by atoms with Crippen molar-refractivity contribution < 1.29 is 9.59 Å². The summed E-state index contributed by atoms with van der Waals surface area (Å²) in [5.41, 5.74) is 5.55. The number of carbonyl (C=O) groups excluding carboxylic acids is 2. The molecular formula is C26H25N7O2. The first-order chi connectivity index (χ1) is 17.1. The van der Waals surface area contributed by atoms with E-state index in [1.165, 1.54) is 0 Å². The molecule has 3 aromatic carbocycles. The number of hydrazine groups is 1. The Morgan fingerprint density at radius 3 is 2.60 bits per heavy atom. The lowest BCUT2D eigenvalue weighted by molar-refractivity contribution is -0.129. The minimum atomic E-state index is -0.629. The average molecular weight is 468 g/mol. The second-order valence-corrected chi connectivity index (χ2v) is 8.83. The van der Waals surface area contributed by atoms with E-state index in [1.807, 2.05) is 78.7 Å². The molecule has 2 aliphatic rings. The number of carbonyl (C=O) groups is 2. The maximum atomic E-state index is 13.1. The largest absolute Gasteiger partial charge is 0.321 e. The van der Waals surface area contributed by atoms with Crippen molar-refractivity contribution in [2.75, 3.05) is 16.9 Å². The summed E-state index contributed by atoms with van der Waals surface area (Å²) in [6, 6.07) is 25.2. The van der Waals surface area contributed by atoms with Gasteiger partial charge in [0.2, 0.25) is 5.91 Å². The number of anilines is 2. The molecule has 0 aliphatic carbocycles. The van der Waals surface area contributed by atoms with Crippen LogP contribution in [0.5, 0.6) is 0 Å². The van der Waals surface area contributed by atoms with Crippen LogP contribution >= 0.6 is 0 Å². The SMILES string of the molecule is Cc1cc(NC(=O)c2ccc3ccccc3c2)n(C2NC(=O)C3CNN(c4ccccc4)C3N2)n1. The number of aromatic nitrogens is 2. The Morgan fingerprint density at radius 2 is 1.77 bits per heavy atom. The molecule has 0 bridgehead atoms. The zero-order valence-corrected chi connectivity index (χ0v) is 19.1. The molecule has 3 unspecified atom stereocenters. The van der Waals surface area contributed by atoms with E-state index in [0.717, 1.165) is 22.2 Å². The van der Waals surface area contributed by atoms with Crippen LogP contribution < -0.4 is 26.4 Å². The summed E-state index contributed by atoms with van der Waals surface area (Å²) >= 11 is 0. The summed E-state index contributed by atoms with van der Waals surface area (Å²) in [7, 11) is 0. The third-order valence-electron chi connectivity index (χ3n) is 6.48. The molecule has 176 valence electrons. The number of nitrogens with one attached hydrogen (secondary N) is 4. The number of hydrogen-bond donors (Lipinski definition) is 4. The molecule has 9 nitrogen and oxygen atoms in total. The third kappa shape index (κ3) is 3.90. The molecule has 2 saturated heterocycles. The highest BCUT2D eigenvalue weighted by atomic mass is 16.2. The highest BCUT2D eigenvalue weighted by Crippen LogP contribution is 2.28. The molecule has 9 heteroatoms. The van der Waals surface area contributed by atoms with Gasteiger partial charge in [-0.15, -0.1) is 0 Å². The molecule has 4 aromatic rings. The fraction of sp³-hybridized carbons (Fsp3) is 0.192. The molecule has 4 N–H and O–H groups in total. The normalized spacial score (nSPS) is 21.6. The van der Waals surface area contributed by atoms with Gasteiger partial charge in [-0.25, -0.2) is 10.1 Å². The van der Waals surface area contributed by atoms with Crippen molar-refractivity contribution in [2.24, 2.45) is 5.92 Å². The number of hydrogen-bond acceptors (Lipinski definition) is 6. The summed E-state index contributed by atoms with van der Waals surface area (Å²) in [5, 5.41) is 18.0. The lowest BCUT2D eigenvalue weighted by atomic mass is 10.0. The van der Waals surface area contributed by atoms with E-state index in [0.29, 0.717) is 17.9 Å². The van der Waals surface area contributed by atoms with Crippen molar-refractivity contribution in [2.45, 2.75) is 19.4 Å². The molecule has 35 heavy (non-hydrogen) atoms. The first-order valence-electron chi connectivity index (χ1n) is 11.6. The van der Waals surface area contributed by atoms with E-state index < -0.39 is 6.29 Å². The van der Waals surface area contributed by atoms with Crippen LogP contribution in [-0.2, 0) is 4.79 Å². The molecule has 2 amide bonds. The van der Waals surface area contributed by atoms with Crippen LogP contribution in [0.25, 0.3) is 10.8 Å². The first kappa shape index (κ1) is 21.3. The Bertz CT molecular complexity index is 1420. The van der Waals surface area contributed by atoms with Gasteiger partial charge in [-0.05, 0) is 42.0 Å². The van der Waals surface area contributed by atoms with E-state index in [1.54, 1.807) is 16.8 Å². The standard InChI is InChI=1S/C26H25N7O2/c1-16-13-22(28-24(34)19-12-11-17-7-5-6-8-18(17)14-19)33(31-16)26-29-23-21(25(35)30-26)15-27-32(23)20-9-3-2-4-10-20/h2-14,21,23,26-27,29H,15H2,1H3,(H,28,34)(H,30,35). The van der Waals surface area contributed by atoms with Gasteiger partial charge in [-0.3, -0.25) is 19.9 Å². The van der Waals surface area contributed by atoms with Gasteiger partial charge in [-0.1, -0.05) is 48.5 Å². The van der Waals surface area contributed by atoms with Crippen molar-refractivity contribution in [1.82, 2.24) is 25.8 Å². The second-order valence-electron chi connectivity index (χ2n) is 8.83. The zero-order valence-electron chi connectivity index (χ0n) is 19.1. The number of amides is 2. The van der Waals surface area contributed by atoms with Gasteiger partial charge in [0.25, 0.3) is 5.91 Å². The highest BCUT2D eigenvalue weighted by Gasteiger charge is 2.45. The van der Waals surface area contributed by atoms with Gasteiger partial charge in [0.15, 0.2) is 6.29 Å². The molecule has 0 spiro atoms. The summed E-state index contributed by atoms with van der Waals surface area (Å²) in [5.74, 6) is -0.0946. The quantitative estimate of drug-likeness (QED) is 0.368. The molecule has 3 atom stereocenters. The van der Waals surface area contributed by atoms with Gasteiger partial charge < -0.3 is 10.6 Å². The van der Waals surface area contributed by atoms with Gasteiger partial charge in [-0.2, -0.15) is 5.10 Å². The lowest BCUT2D eigenvalue weighted by Gasteiger charge is -2.37. The predicted octanol–water partition coefficient (Wildman–Crippen LogP) is 2.74. The van der Waals surface area contributed by atoms with Gasteiger partial charge in [0.1, 0.15) is 12.0 Å². The maximum Gasteiger partial charge on any atom is 0.256 e. The molecule has 1 aromatic heterocycles. The smallest absolute Gasteiger partial charge is 0.256 e. The maximum absolute atomic E-state index is 13.1. The van der Waals surface area contributed by atoms with E-state index in [9.17, 15) is 9.59 Å². The summed E-state index contributed by atoms with van der Waals surface area (Å²) in [6.45, 7) is 2.37. The van der Waals surface area contributed by atoms with Gasteiger partial charge >= 0.3 is 0 Å². The van der Waals surface area contributed by atoms with E-state index >= 15 is 0 Å². The fourth-order valence-corrected chi connectivity index (χ4v) is 4.76. The van der Waals surface area contributed by atoms with Crippen molar-refractivity contribution >= 4 is 34.1 Å². The Hall–Kier alpha value is -4.21. The van der Waals surface area contributed by atoms with E-state index in [2.05, 4.69) is 26.5 Å². The zero-order chi connectivity index (χ0) is 23.9. The Labute approximate surface area is 202 Å². The topological polar surface area (TPSA) is 103 Å². The van der Waals surface area contributed by atoms with Gasteiger partial charge in [0, 0.05) is 18.2 Å². The molecule has 6 rings (SSSR count). The third-order valence-corrected chi connectivity index (χ3v) is 6.48. The summed E-state index contributed by atoms with van der Waals surface area (Å²) in [4.78, 5) is 26.1. The van der Waals surface area contributed by atoms with Crippen molar-refractivity contribution in [3.8, 4) is 0 Å². The molecule has 2 aliphatic heterocycles. The lowest BCUT2D eigenvalue weighted by Crippen LogP contribution is -2.61.